The van der Waals surface area contributed by atoms with E-state index in [1.54, 1.807) is 18.2 Å². The van der Waals surface area contributed by atoms with Crippen LogP contribution in [0.15, 0.2) is 42.5 Å². The molecule has 0 bridgehead atoms. The van der Waals surface area contributed by atoms with Gasteiger partial charge < -0.3 is 18.9 Å². The fourth-order valence-electron chi connectivity index (χ4n) is 2.26. The Morgan fingerprint density at radius 3 is 2.15 bits per heavy atom. The van der Waals surface area contributed by atoms with Crippen LogP contribution < -0.4 is 14.2 Å². The molecule has 27 heavy (non-hydrogen) atoms. The van der Waals surface area contributed by atoms with Gasteiger partial charge in [-0.25, -0.2) is 4.79 Å². The second kappa shape index (κ2) is 9.23. The van der Waals surface area contributed by atoms with Crippen molar-refractivity contribution in [2.45, 2.75) is 6.61 Å². The molecule has 0 aliphatic rings. The minimum absolute atomic E-state index is 0.00420. The second-order valence-corrected chi connectivity index (χ2v) is 5.31. The van der Waals surface area contributed by atoms with E-state index >= 15 is 0 Å². The van der Waals surface area contributed by atoms with E-state index in [0.29, 0.717) is 28.4 Å². The Morgan fingerprint density at radius 1 is 1.00 bits per heavy atom. The topological polar surface area (TPSA) is 97.1 Å². The van der Waals surface area contributed by atoms with E-state index in [-0.39, 0.29) is 12.3 Å². The first kappa shape index (κ1) is 19.8. The van der Waals surface area contributed by atoms with Crippen molar-refractivity contribution in [3.8, 4) is 17.2 Å². The van der Waals surface area contributed by atoms with Crippen LogP contribution in [0, 0.1) is 10.1 Å². The molecular formula is C19H19NO7. The molecule has 0 radical (unpaired) electrons. The first-order valence-electron chi connectivity index (χ1n) is 7.86. The molecule has 0 saturated heterocycles. The van der Waals surface area contributed by atoms with Crippen molar-refractivity contribution >= 4 is 17.7 Å². The molecule has 8 nitrogen and oxygen atoms in total. The normalized spacial score (nSPS) is 10.5. The monoisotopic (exact) mass is 373 g/mol. The van der Waals surface area contributed by atoms with Crippen LogP contribution in [0.5, 0.6) is 17.2 Å². The maximum absolute atomic E-state index is 11.9. The third kappa shape index (κ3) is 5.21. The van der Waals surface area contributed by atoms with Gasteiger partial charge in [0, 0.05) is 29.8 Å². The lowest BCUT2D eigenvalue weighted by atomic mass is 10.1. The smallest absolute Gasteiger partial charge is 0.331 e. The number of methoxy groups -OCH3 is 3. The van der Waals surface area contributed by atoms with Crippen LogP contribution in [0.1, 0.15) is 11.1 Å². The number of carbonyl (C=O) groups excluding carboxylic acids is 1. The van der Waals surface area contributed by atoms with E-state index in [0.717, 1.165) is 0 Å². The SMILES string of the molecule is COc1cc(OC)c(OC)cc1/C=C/C(=O)OCc1ccc([N+](=O)[O-])cc1. The van der Waals surface area contributed by atoms with Crippen LogP contribution in [0.2, 0.25) is 0 Å². The number of esters is 1. The summed E-state index contributed by atoms with van der Waals surface area (Å²) >= 11 is 0. The van der Waals surface area contributed by atoms with Gasteiger partial charge in [-0.3, -0.25) is 10.1 Å². The lowest BCUT2D eigenvalue weighted by molar-refractivity contribution is -0.384. The van der Waals surface area contributed by atoms with Crippen molar-refractivity contribution in [2.75, 3.05) is 21.3 Å². The number of benzene rings is 2. The van der Waals surface area contributed by atoms with Crippen LogP contribution in [-0.4, -0.2) is 32.2 Å². The fraction of sp³-hybridized carbons (Fsp3) is 0.211. The summed E-state index contributed by atoms with van der Waals surface area (Å²) in [7, 11) is 4.53. The Hall–Kier alpha value is -3.55. The molecule has 2 rings (SSSR count). The minimum atomic E-state index is -0.565. The number of non-ortho nitro benzene ring substituents is 1. The summed E-state index contributed by atoms with van der Waals surface area (Å²) < 4.78 is 20.9. The summed E-state index contributed by atoms with van der Waals surface area (Å²) in [5.41, 5.74) is 1.24. The maximum atomic E-state index is 11.9. The van der Waals surface area contributed by atoms with E-state index in [2.05, 4.69) is 0 Å². The van der Waals surface area contributed by atoms with Crippen LogP contribution in [0.25, 0.3) is 6.08 Å². The van der Waals surface area contributed by atoms with Gasteiger partial charge in [0.05, 0.1) is 26.3 Å². The third-order valence-electron chi connectivity index (χ3n) is 3.66. The molecule has 0 N–H and O–H groups in total. The Kier molecular flexibility index (Phi) is 6.76. The Labute approximate surface area is 156 Å². The largest absolute Gasteiger partial charge is 0.496 e. The van der Waals surface area contributed by atoms with Crippen LogP contribution in [0.4, 0.5) is 5.69 Å². The fourth-order valence-corrected chi connectivity index (χ4v) is 2.26. The molecule has 8 heteroatoms. The first-order chi connectivity index (χ1) is 13.0. The standard InChI is InChI=1S/C19H19NO7/c1-24-16-11-18(26-3)17(25-2)10-14(16)6-9-19(21)27-12-13-4-7-15(8-5-13)20(22)23/h4-11H,12H2,1-3H3/b9-6+. The van der Waals surface area contributed by atoms with Crippen LogP contribution >= 0.6 is 0 Å². The van der Waals surface area contributed by atoms with Gasteiger partial charge >= 0.3 is 5.97 Å². The number of ether oxygens (including phenoxy) is 4. The number of nitro benzene ring substituents is 1. The molecule has 0 atom stereocenters. The molecule has 0 amide bonds. The van der Waals surface area contributed by atoms with Crippen molar-refractivity contribution in [1.82, 2.24) is 0 Å². The number of nitro groups is 1. The highest BCUT2D eigenvalue weighted by Crippen LogP contribution is 2.35. The van der Waals surface area contributed by atoms with E-state index in [9.17, 15) is 14.9 Å². The third-order valence-corrected chi connectivity index (χ3v) is 3.66. The molecular weight excluding hydrogens is 354 g/mol. The number of hydrogen-bond donors (Lipinski definition) is 0. The molecule has 0 aromatic heterocycles. The highest BCUT2D eigenvalue weighted by atomic mass is 16.6. The predicted octanol–water partition coefficient (Wildman–Crippen LogP) is 3.38. The van der Waals surface area contributed by atoms with Crippen molar-refractivity contribution in [3.05, 3.63) is 63.7 Å². The van der Waals surface area contributed by atoms with Crippen LogP contribution in [0.3, 0.4) is 0 Å². The highest BCUT2D eigenvalue weighted by molar-refractivity contribution is 5.87. The van der Waals surface area contributed by atoms with Crippen molar-refractivity contribution < 1.29 is 28.7 Å². The zero-order chi connectivity index (χ0) is 19.8. The summed E-state index contributed by atoms with van der Waals surface area (Å²) in [5.74, 6) is 0.946. The van der Waals surface area contributed by atoms with Gasteiger partial charge in [-0.05, 0) is 29.8 Å². The molecule has 0 spiro atoms. The second-order valence-electron chi connectivity index (χ2n) is 5.31. The van der Waals surface area contributed by atoms with Crippen LogP contribution in [-0.2, 0) is 16.1 Å². The summed E-state index contributed by atoms with van der Waals surface area (Å²) in [4.78, 5) is 22.1. The zero-order valence-corrected chi connectivity index (χ0v) is 15.1. The summed E-state index contributed by atoms with van der Waals surface area (Å²) in [6, 6.07) is 9.11. The quantitative estimate of drug-likeness (QED) is 0.303. The average molecular weight is 373 g/mol. The number of nitrogens with zero attached hydrogens (tertiary/aromatic N) is 1. The van der Waals surface area contributed by atoms with Crippen molar-refractivity contribution in [3.63, 3.8) is 0 Å². The van der Waals surface area contributed by atoms with Gasteiger partial charge in [0.15, 0.2) is 11.5 Å². The summed E-state index contributed by atoms with van der Waals surface area (Å²) in [6.45, 7) is 0.00420. The van der Waals surface area contributed by atoms with E-state index < -0.39 is 10.9 Å². The first-order valence-corrected chi connectivity index (χ1v) is 7.86. The average Bonchev–Trinajstić information content (AvgIpc) is 2.70. The number of hydrogen-bond acceptors (Lipinski definition) is 7. The van der Waals surface area contributed by atoms with Crippen molar-refractivity contribution in [1.29, 1.82) is 0 Å². The zero-order valence-electron chi connectivity index (χ0n) is 15.1. The lowest BCUT2D eigenvalue weighted by Crippen LogP contribution is -2.01. The van der Waals surface area contributed by atoms with Gasteiger partial charge in [-0.2, -0.15) is 0 Å². The molecule has 0 unspecified atom stereocenters. The molecule has 2 aromatic carbocycles. The highest BCUT2D eigenvalue weighted by Gasteiger charge is 2.11. The molecule has 0 aliphatic heterocycles. The Balaban J connectivity index is 2.04. The predicted molar refractivity (Wildman–Crippen MR) is 98.0 cm³/mol. The van der Waals surface area contributed by atoms with E-state index in [1.807, 2.05) is 0 Å². The Bertz CT molecular complexity index is 844. The molecule has 0 heterocycles. The molecule has 142 valence electrons. The Morgan fingerprint density at radius 2 is 1.59 bits per heavy atom. The van der Waals surface area contributed by atoms with E-state index in [1.165, 1.54) is 51.7 Å². The van der Waals surface area contributed by atoms with E-state index in [4.69, 9.17) is 18.9 Å². The molecule has 2 aromatic rings. The van der Waals surface area contributed by atoms with Gasteiger partial charge in [-0.1, -0.05) is 0 Å². The van der Waals surface area contributed by atoms with Gasteiger partial charge in [0.1, 0.15) is 12.4 Å². The van der Waals surface area contributed by atoms with Gasteiger partial charge in [0.2, 0.25) is 0 Å². The summed E-state index contributed by atoms with van der Waals surface area (Å²) in [6.07, 6.45) is 2.80. The minimum Gasteiger partial charge on any atom is -0.496 e. The number of rotatable bonds is 8. The van der Waals surface area contributed by atoms with Crippen molar-refractivity contribution in [2.24, 2.45) is 0 Å². The molecule has 0 saturated carbocycles. The number of carbonyl (C=O) groups is 1. The molecule has 0 fully saturated rings. The van der Waals surface area contributed by atoms with Gasteiger partial charge in [-0.15, -0.1) is 0 Å². The maximum Gasteiger partial charge on any atom is 0.331 e. The molecule has 0 aliphatic carbocycles. The summed E-state index contributed by atoms with van der Waals surface area (Å²) in [5, 5.41) is 10.6. The lowest BCUT2D eigenvalue weighted by Gasteiger charge is -2.12. The van der Waals surface area contributed by atoms with Gasteiger partial charge in [0.25, 0.3) is 5.69 Å².